The molecule has 0 bridgehead atoms. The number of likely N-dealkylation sites (tertiary alicyclic amines) is 1. The van der Waals surface area contributed by atoms with Crippen molar-refractivity contribution in [1.29, 1.82) is 0 Å². The summed E-state index contributed by atoms with van der Waals surface area (Å²) in [6.45, 7) is 5.60. The van der Waals surface area contributed by atoms with Crippen LogP contribution in [0.5, 0.6) is 5.88 Å². The van der Waals surface area contributed by atoms with Crippen molar-refractivity contribution in [1.82, 2.24) is 9.47 Å². The highest BCUT2D eigenvalue weighted by Crippen LogP contribution is 2.35. The Hall–Kier alpha value is -2.17. The standard InChI is InChI=1S/C17H22N2O3/c1-3-22-17(21)18-9-7-13(8-10-18)19-11-15-12(2)5-4-6-14(15)16(19)20/h4-6,11,13,20H,3,7-10H2,1-2H3. The number of carbonyl (C=O) groups is 1. The van der Waals surface area contributed by atoms with Gasteiger partial charge in [-0.1, -0.05) is 12.1 Å². The average Bonchev–Trinajstić information content (AvgIpc) is 2.87. The van der Waals surface area contributed by atoms with Crippen LogP contribution in [0.15, 0.2) is 24.4 Å². The van der Waals surface area contributed by atoms with Gasteiger partial charge in [-0.25, -0.2) is 4.79 Å². The van der Waals surface area contributed by atoms with Crippen molar-refractivity contribution in [3.05, 3.63) is 30.0 Å². The van der Waals surface area contributed by atoms with Gasteiger partial charge in [0.15, 0.2) is 5.88 Å². The molecule has 0 aliphatic carbocycles. The first-order chi connectivity index (χ1) is 10.6. The number of aromatic hydroxyl groups is 1. The molecule has 22 heavy (non-hydrogen) atoms. The highest BCUT2D eigenvalue weighted by Gasteiger charge is 2.26. The van der Waals surface area contributed by atoms with Crippen LogP contribution in [0.2, 0.25) is 0 Å². The van der Waals surface area contributed by atoms with Crippen LogP contribution < -0.4 is 0 Å². The van der Waals surface area contributed by atoms with Crippen LogP contribution in [0, 0.1) is 6.92 Å². The monoisotopic (exact) mass is 302 g/mol. The molecule has 2 heterocycles. The van der Waals surface area contributed by atoms with Crippen molar-refractivity contribution in [2.45, 2.75) is 32.7 Å². The van der Waals surface area contributed by atoms with Gasteiger partial charge in [-0.3, -0.25) is 0 Å². The lowest BCUT2D eigenvalue weighted by Crippen LogP contribution is -2.39. The summed E-state index contributed by atoms with van der Waals surface area (Å²) in [6.07, 6.45) is 3.45. The van der Waals surface area contributed by atoms with E-state index in [9.17, 15) is 9.90 Å². The molecule has 0 radical (unpaired) electrons. The molecule has 5 nitrogen and oxygen atoms in total. The third-order valence-corrected chi connectivity index (χ3v) is 4.46. The van der Waals surface area contributed by atoms with Crippen LogP contribution in [-0.4, -0.2) is 40.4 Å². The smallest absolute Gasteiger partial charge is 0.409 e. The van der Waals surface area contributed by atoms with Gasteiger partial charge in [0.25, 0.3) is 0 Å². The van der Waals surface area contributed by atoms with Crippen LogP contribution >= 0.6 is 0 Å². The molecule has 5 heteroatoms. The Bertz CT molecular complexity index is 685. The topological polar surface area (TPSA) is 54.7 Å². The first-order valence-electron chi connectivity index (χ1n) is 7.82. The summed E-state index contributed by atoms with van der Waals surface area (Å²) in [7, 11) is 0. The molecular weight excluding hydrogens is 280 g/mol. The van der Waals surface area contributed by atoms with Crippen LogP contribution in [-0.2, 0) is 4.74 Å². The van der Waals surface area contributed by atoms with E-state index in [1.807, 2.05) is 29.8 Å². The molecule has 1 fully saturated rings. The summed E-state index contributed by atoms with van der Waals surface area (Å²) in [5.41, 5.74) is 1.16. The van der Waals surface area contributed by atoms with E-state index < -0.39 is 0 Å². The van der Waals surface area contributed by atoms with Crippen LogP contribution in [0.25, 0.3) is 10.8 Å². The SMILES string of the molecule is CCOC(=O)N1CCC(n2cc3c(C)cccc3c2O)CC1. The van der Waals surface area contributed by atoms with Gasteiger partial charge in [-0.05, 0) is 38.3 Å². The van der Waals surface area contributed by atoms with E-state index in [-0.39, 0.29) is 12.1 Å². The molecule has 2 aromatic rings. The summed E-state index contributed by atoms with van der Waals surface area (Å²) in [5.74, 6) is 0.327. The largest absolute Gasteiger partial charge is 0.494 e. The van der Waals surface area contributed by atoms with Crippen molar-refractivity contribution in [2.75, 3.05) is 19.7 Å². The molecular formula is C17H22N2O3. The lowest BCUT2D eigenvalue weighted by atomic mass is 10.1. The highest BCUT2D eigenvalue weighted by atomic mass is 16.6. The molecule has 0 saturated carbocycles. The van der Waals surface area contributed by atoms with Crippen molar-refractivity contribution < 1.29 is 14.6 Å². The molecule has 0 spiro atoms. The van der Waals surface area contributed by atoms with E-state index in [4.69, 9.17) is 4.74 Å². The molecule has 1 aromatic carbocycles. The van der Waals surface area contributed by atoms with E-state index in [1.165, 1.54) is 0 Å². The third-order valence-electron chi connectivity index (χ3n) is 4.46. The minimum atomic E-state index is -0.237. The van der Waals surface area contributed by atoms with Crippen molar-refractivity contribution in [3.8, 4) is 5.88 Å². The predicted molar refractivity (Wildman–Crippen MR) is 85.2 cm³/mol. The Labute approximate surface area is 130 Å². The first kappa shape index (κ1) is 14.8. The van der Waals surface area contributed by atoms with Gasteiger partial charge in [0.1, 0.15) is 0 Å². The number of piperidine rings is 1. The number of rotatable bonds is 2. The van der Waals surface area contributed by atoms with Gasteiger partial charge in [0.2, 0.25) is 0 Å². The van der Waals surface area contributed by atoms with Crippen molar-refractivity contribution in [3.63, 3.8) is 0 Å². The van der Waals surface area contributed by atoms with Gasteiger partial charge in [0, 0.05) is 36.1 Å². The first-order valence-corrected chi connectivity index (χ1v) is 7.82. The maximum atomic E-state index is 11.7. The predicted octanol–water partition coefficient (Wildman–Crippen LogP) is 3.45. The number of carbonyl (C=O) groups excluding carboxylic acids is 1. The number of aromatic nitrogens is 1. The zero-order valence-electron chi connectivity index (χ0n) is 13.1. The summed E-state index contributed by atoms with van der Waals surface area (Å²) in [4.78, 5) is 13.5. The number of amides is 1. The zero-order chi connectivity index (χ0) is 15.7. The molecule has 1 aliphatic heterocycles. The Kier molecular flexibility index (Phi) is 3.96. The Morgan fingerprint density at radius 1 is 1.32 bits per heavy atom. The van der Waals surface area contributed by atoms with Gasteiger partial charge in [-0.15, -0.1) is 0 Å². The zero-order valence-corrected chi connectivity index (χ0v) is 13.1. The molecule has 1 saturated heterocycles. The number of aryl methyl sites for hydroxylation is 1. The highest BCUT2D eigenvalue weighted by molar-refractivity contribution is 5.90. The van der Waals surface area contributed by atoms with E-state index in [1.54, 1.807) is 4.90 Å². The summed E-state index contributed by atoms with van der Waals surface area (Å²) < 4.78 is 7.00. The van der Waals surface area contributed by atoms with E-state index in [0.717, 1.165) is 29.2 Å². The quantitative estimate of drug-likeness (QED) is 0.924. The van der Waals surface area contributed by atoms with Gasteiger partial charge >= 0.3 is 6.09 Å². The number of nitrogens with zero attached hydrogens (tertiary/aromatic N) is 2. The molecule has 118 valence electrons. The van der Waals surface area contributed by atoms with E-state index >= 15 is 0 Å². The van der Waals surface area contributed by atoms with Crippen LogP contribution in [0.4, 0.5) is 4.79 Å². The Balaban J connectivity index is 1.78. The van der Waals surface area contributed by atoms with Gasteiger partial charge in [0.05, 0.1) is 6.61 Å². The molecule has 0 atom stereocenters. The number of hydrogen-bond acceptors (Lipinski definition) is 3. The molecule has 1 N–H and O–H groups in total. The molecule has 1 amide bonds. The number of hydrogen-bond donors (Lipinski definition) is 1. The fraction of sp³-hybridized carbons (Fsp3) is 0.471. The second-order valence-corrected chi connectivity index (χ2v) is 5.81. The van der Waals surface area contributed by atoms with E-state index in [0.29, 0.717) is 25.6 Å². The summed E-state index contributed by atoms with van der Waals surface area (Å²) >= 11 is 0. The Morgan fingerprint density at radius 2 is 2.05 bits per heavy atom. The number of benzene rings is 1. The average molecular weight is 302 g/mol. The fourth-order valence-electron chi connectivity index (χ4n) is 3.21. The van der Waals surface area contributed by atoms with Gasteiger partial charge in [-0.2, -0.15) is 0 Å². The fourth-order valence-corrected chi connectivity index (χ4v) is 3.21. The Morgan fingerprint density at radius 3 is 2.68 bits per heavy atom. The number of fused-ring (bicyclic) bond motifs is 1. The van der Waals surface area contributed by atoms with Crippen molar-refractivity contribution in [2.24, 2.45) is 0 Å². The third kappa shape index (κ3) is 2.51. The number of ether oxygens (including phenoxy) is 1. The lowest BCUT2D eigenvalue weighted by molar-refractivity contribution is 0.0921. The molecule has 0 unspecified atom stereocenters. The van der Waals surface area contributed by atoms with E-state index in [2.05, 4.69) is 13.0 Å². The minimum absolute atomic E-state index is 0.220. The summed E-state index contributed by atoms with van der Waals surface area (Å²) in [5, 5.41) is 12.5. The second kappa shape index (κ2) is 5.91. The maximum Gasteiger partial charge on any atom is 0.409 e. The van der Waals surface area contributed by atoms with Gasteiger partial charge < -0.3 is 19.3 Å². The maximum absolute atomic E-state index is 11.7. The molecule has 1 aliphatic rings. The lowest BCUT2D eigenvalue weighted by Gasteiger charge is -2.32. The normalized spacial score (nSPS) is 16.2. The van der Waals surface area contributed by atoms with Crippen LogP contribution in [0.1, 0.15) is 31.4 Å². The molecule has 3 rings (SSSR count). The minimum Gasteiger partial charge on any atom is -0.494 e. The molecule has 1 aromatic heterocycles. The summed E-state index contributed by atoms with van der Waals surface area (Å²) in [6, 6.07) is 6.18. The second-order valence-electron chi connectivity index (χ2n) is 5.81. The van der Waals surface area contributed by atoms with Crippen LogP contribution in [0.3, 0.4) is 0 Å². The van der Waals surface area contributed by atoms with Crippen molar-refractivity contribution >= 4 is 16.9 Å².